The van der Waals surface area contributed by atoms with E-state index >= 15 is 0 Å². The van der Waals surface area contributed by atoms with Gasteiger partial charge in [0.05, 0.1) is 17.4 Å². The van der Waals surface area contributed by atoms with E-state index in [1.54, 1.807) is 30.0 Å². The number of rotatable bonds is 7. The van der Waals surface area contributed by atoms with Gasteiger partial charge in [0.1, 0.15) is 11.5 Å². The molecular weight excluding hydrogens is 560 g/mol. The first-order valence-electron chi connectivity index (χ1n) is 13.9. The third-order valence-electron chi connectivity index (χ3n) is 8.05. The fraction of sp³-hybridized carbons (Fsp3) is 0.407. The highest BCUT2D eigenvalue weighted by Gasteiger charge is 2.30. The molecule has 220 valence electrons. The zero-order chi connectivity index (χ0) is 29.6. The summed E-state index contributed by atoms with van der Waals surface area (Å²) >= 11 is 0. The Balaban J connectivity index is 1.20. The molecular formula is C27H32N10O4S. The average Bonchev–Trinajstić information content (AvgIpc) is 3.66. The zero-order valence-electron chi connectivity index (χ0n) is 23.4. The maximum absolute atomic E-state index is 13.4. The maximum Gasteiger partial charge on any atom is 0.310 e. The Bertz CT molecular complexity index is 1820. The summed E-state index contributed by atoms with van der Waals surface area (Å²) in [6, 6.07) is 3.69. The fourth-order valence-corrected chi connectivity index (χ4v) is 7.24. The molecule has 42 heavy (non-hydrogen) atoms. The molecule has 1 aliphatic carbocycles. The number of anilines is 4. The second-order valence-electron chi connectivity index (χ2n) is 10.6. The van der Waals surface area contributed by atoms with Crippen LogP contribution in [0.25, 0.3) is 11.0 Å². The van der Waals surface area contributed by atoms with Crippen LogP contribution in [0.15, 0.2) is 41.7 Å². The van der Waals surface area contributed by atoms with Crippen molar-refractivity contribution in [3.05, 3.63) is 58.4 Å². The first-order chi connectivity index (χ1) is 20.1. The minimum Gasteiger partial charge on any atom is -0.368 e. The van der Waals surface area contributed by atoms with Crippen molar-refractivity contribution in [2.45, 2.75) is 45.6 Å². The summed E-state index contributed by atoms with van der Waals surface area (Å²) in [7, 11) is -3.77. The van der Waals surface area contributed by atoms with Crippen LogP contribution in [-0.2, 0) is 10.2 Å². The molecule has 2 fully saturated rings. The molecule has 14 nitrogen and oxygen atoms in total. The topological polar surface area (TPSA) is 174 Å². The van der Waals surface area contributed by atoms with E-state index in [-0.39, 0.29) is 28.9 Å². The standard InChI is InChI=1S/C27H32N10O4S/c1-17-21-16-31-27(33-24(21)37(19-5-3-4-6-19)25(39)23(17)18(2)38)32-22-8-7-20(15-30-22)34-11-13-35(14-12-34)42(40,41)36-10-9-29-26(36)28/h7-10,15-16,19H,3-6,11-14H2,1-2H3,(H2,28,29)(H,30,31,32,33). The van der Waals surface area contributed by atoms with E-state index < -0.39 is 10.2 Å². The van der Waals surface area contributed by atoms with Gasteiger partial charge in [-0.1, -0.05) is 12.8 Å². The molecule has 0 atom stereocenters. The van der Waals surface area contributed by atoms with Crippen LogP contribution in [0.3, 0.4) is 0 Å². The predicted octanol–water partition coefficient (Wildman–Crippen LogP) is 2.25. The number of ketones is 1. The van der Waals surface area contributed by atoms with Gasteiger partial charge in [-0.25, -0.2) is 15.0 Å². The molecule has 0 radical (unpaired) electrons. The molecule has 4 aromatic rings. The number of nitrogen functional groups attached to an aromatic ring is 1. The smallest absolute Gasteiger partial charge is 0.310 e. The number of nitrogens with one attached hydrogen (secondary N) is 1. The van der Waals surface area contributed by atoms with Crippen LogP contribution in [-0.4, -0.2) is 73.2 Å². The van der Waals surface area contributed by atoms with Gasteiger partial charge in [0, 0.05) is 56.2 Å². The number of imidazole rings is 1. The van der Waals surface area contributed by atoms with E-state index in [1.807, 2.05) is 6.07 Å². The quantitative estimate of drug-likeness (QED) is 0.301. The van der Waals surface area contributed by atoms with E-state index in [0.717, 1.165) is 35.3 Å². The van der Waals surface area contributed by atoms with Crippen LogP contribution in [0.4, 0.5) is 23.4 Å². The van der Waals surface area contributed by atoms with Gasteiger partial charge in [-0.2, -0.15) is 21.7 Å². The van der Waals surface area contributed by atoms with Crippen LogP contribution in [0, 0.1) is 6.92 Å². The number of aryl methyl sites for hydroxylation is 1. The summed E-state index contributed by atoms with van der Waals surface area (Å²) in [6.07, 6.45) is 9.83. The van der Waals surface area contributed by atoms with E-state index in [1.165, 1.54) is 23.6 Å². The first-order valence-corrected chi connectivity index (χ1v) is 15.2. The number of aromatic nitrogens is 6. The first kappa shape index (κ1) is 27.8. The highest BCUT2D eigenvalue weighted by molar-refractivity contribution is 7.87. The van der Waals surface area contributed by atoms with Crippen molar-refractivity contribution in [3.8, 4) is 0 Å². The van der Waals surface area contributed by atoms with E-state index in [9.17, 15) is 18.0 Å². The second kappa shape index (κ2) is 10.8. The normalized spacial score (nSPS) is 16.8. The fourth-order valence-electron chi connectivity index (χ4n) is 5.87. The SMILES string of the molecule is CC(=O)c1c(C)c2cnc(Nc3ccc(N4CCN(S(=O)(=O)n5ccnc5N)CC4)cn3)nc2n(C2CCCC2)c1=O. The van der Waals surface area contributed by atoms with Gasteiger partial charge in [-0.15, -0.1) is 0 Å². The van der Waals surface area contributed by atoms with E-state index in [4.69, 9.17) is 10.7 Å². The minimum absolute atomic E-state index is 0.00776. The van der Waals surface area contributed by atoms with Gasteiger partial charge >= 0.3 is 10.2 Å². The molecule has 0 unspecified atom stereocenters. The number of nitrogens with zero attached hydrogens (tertiary/aromatic N) is 8. The van der Waals surface area contributed by atoms with Crippen LogP contribution < -0.4 is 21.5 Å². The molecule has 0 spiro atoms. The highest BCUT2D eigenvalue weighted by Crippen LogP contribution is 2.32. The summed E-state index contributed by atoms with van der Waals surface area (Å²) in [5.74, 6) is 0.477. The van der Waals surface area contributed by atoms with Gasteiger partial charge in [0.25, 0.3) is 5.56 Å². The number of piperazine rings is 1. The van der Waals surface area contributed by atoms with Crippen molar-refractivity contribution in [2.24, 2.45) is 0 Å². The molecule has 5 heterocycles. The maximum atomic E-state index is 13.4. The number of carbonyl (C=O) groups excluding carboxylic acids is 1. The summed E-state index contributed by atoms with van der Waals surface area (Å²) in [4.78, 5) is 45.3. The molecule has 1 aliphatic heterocycles. The molecule has 3 N–H and O–H groups in total. The van der Waals surface area contributed by atoms with E-state index in [2.05, 4.69) is 25.2 Å². The number of Topliss-reactive ketones (excluding diaryl/α,β-unsaturated/α-hetero) is 1. The number of fused-ring (bicyclic) bond motifs is 1. The third kappa shape index (κ3) is 4.87. The van der Waals surface area contributed by atoms with Crippen LogP contribution >= 0.6 is 0 Å². The second-order valence-corrected chi connectivity index (χ2v) is 12.4. The lowest BCUT2D eigenvalue weighted by Crippen LogP contribution is -2.50. The van der Waals surface area contributed by atoms with Crippen molar-refractivity contribution in [1.29, 1.82) is 0 Å². The van der Waals surface area contributed by atoms with Crippen LogP contribution in [0.1, 0.15) is 54.6 Å². The van der Waals surface area contributed by atoms with Crippen molar-refractivity contribution < 1.29 is 13.2 Å². The van der Waals surface area contributed by atoms with Crippen LogP contribution in [0.2, 0.25) is 0 Å². The summed E-state index contributed by atoms with van der Waals surface area (Å²) < 4.78 is 29.8. The van der Waals surface area contributed by atoms with Crippen molar-refractivity contribution in [1.82, 2.24) is 32.8 Å². The van der Waals surface area contributed by atoms with Crippen molar-refractivity contribution in [3.63, 3.8) is 0 Å². The molecule has 0 amide bonds. The summed E-state index contributed by atoms with van der Waals surface area (Å²) in [6.45, 7) is 4.72. The molecule has 0 bridgehead atoms. The van der Waals surface area contributed by atoms with Gasteiger partial charge in [-0.05, 0) is 44.4 Å². The molecule has 2 aliphatic rings. The largest absolute Gasteiger partial charge is 0.368 e. The minimum atomic E-state index is -3.77. The molecule has 4 aromatic heterocycles. The van der Waals surface area contributed by atoms with Crippen molar-refractivity contribution >= 4 is 50.4 Å². The summed E-state index contributed by atoms with van der Waals surface area (Å²) in [5.41, 5.74) is 7.54. The highest BCUT2D eigenvalue weighted by atomic mass is 32.2. The number of hydrogen-bond acceptors (Lipinski definition) is 11. The Kier molecular flexibility index (Phi) is 7.14. The van der Waals surface area contributed by atoms with Crippen molar-refractivity contribution in [2.75, 3.05) is 42.1 Å². The average molecular weight is 593 g/mol. The number of nitrogens with two attached hydrogens (primary N) is 1. The Morgan fingerprint density at radius 3 is 2.40 bits per heavy atom. The third-order valence-corrected chi connectivity index (χ3v) is 9.88. The van der Waals surface area contributed by atoms with Gasteiger partial charge in [0.15, 0.2) is 5.78 Å². The lowest BCUT2D eigenvalue weighted by molar-refractivity contribution is 0.101. The molecule has 1 saturated heterocycles. The van der Waals surface area contributed by atoms with E-state index in [0.29, 0.717) is 54.5 Å². The Hall–Kier alpha value is -4.37. The Labute approximate surface area is 242 Å². The predicted molar refractivity (Wildman–Crippen MR) is 158 cm³/mol. The van der Waals surface area contributed by atoms with Crippen LogP contribution in [0.5, 0.6) is 0 Å². The zero-order valence-corrected chi connectivity index (χ0v) is 24.2. The molecule has 6 rings (SSSR count). The number of hydrogen-bond donors (Lipinski definition) is 2. The molecule has 0 aromatic carbocycles. The number of pyridine rings is 2. The number of carbonyl (C=O) groups is 1. The summed E-state index contributed by atoms with van der Waals surface area (Å²) in [5, 5.41) is 3.80. The van der Waals surface area contributed by atoms with Gasteiger partial charge in [0.2, 0.25) is 11.9 Å². The molecule has 1 saturated carbocycles. The lowest BCUT2D eigenvalue weighted by Gasteiger charge is -2.35. The monoisotopic (exact) mass is 592 g/mol. The Morgan fingerprint density at radius 1 is 1.05 bits per heavy atom. The van der Waals surface area contributed by atoms with Gasteiger partial charge < -0.3 is 16.0 Å². The molecule has 15 heteroatoms. The lowest BCUT2D eigenvalue weighted by atomic mass is 10.0. The Morgan fingerprint density at radius 2 is 1.79 bits per heavy atom. The van der Waals surface area contributed by atoms with Gasteiger partial charge in [-0.3, -0.25) is 14.2 Å².